The lowest BCUT2D eigenvalue weighted by atomic mass is 10.0. The van der Waals surface area contributed by atoms with Gasteiger partial charge in [0.15, 0.2) is 0 Å². The van der Waals surface area contributed by atoms with E-state index in [4.69, 9.17) is 11.6 Å². The van der Waals surface area contributed by atoms with E-state index in [0.29, 0.717) is 0 Å². The van der Waals surface area contributed by atoms with Gasteiger partial charge in [0.2, 0.25) is 0 Å². The van der Waals surface area contributed by atoms with E-state index in [-0.39, 0.29) is 0 Å². The number of aromatic nitrogens is 1. The van der Waals surface area contributed by atoms with Crippen LogP contribution in [0.4, 0.5) is 0 Å². The summed E-state index contributed by atoms with van der Waals surface area (Å²) in [5.74, 6) is 1.01. The standard InChI is InChI=1S/C17H23ClN2/c18-15-7-8-16-14(12-20-17(16)10-15)11-19-9-3-6-13-4-1-2-5-13/h7-8,10,12-13,19-20H,1-6,9,11H2. The third-order valence-corrected chi connectivity index (χ3v) is 4.72. The molecule has 0 atom stereocenters. The summed E-state index contributed by atoms with van der Waals surface area (Å²) in [6.07, 6.45) is 10.6. The highest BCUT2D eigenvalue weighted by atomic mass is 35.5. The van der Waals surface area contributed by atoms with E-state index in [9.17, 15) is 0 Å². The highest BCUT2D eigenvalue weighted by molar-refractivity contribution is 6.31. The Kier molecular flexibility index (Phi) is 4.64. The quantitative estimate of drug-likeness (QED) is 0.729. The molecule has 3 rings (SSSR count). The van der Waals surface area contributed by atoms with Gasteiger partial charge < -0.3 is 10.3 Å². The highest BCUT2D eigenvalue weighted by Crippen LogP contribution is 2.28. The molecule has 1 aromatic carbocycles. The number of aromatic amines is 1. The van der Waals surface area contributed by atoms with Gasteiger partial charge in [-0.1, -0.05) is 43.4 Å². The molecule has 0 saturated heterocycles. The van der Waals surface area contributed by atoms with Gasteiger partial charge in [-0.3, -0.25) is 0 Å². The Balaban J connectivity index is 1.45. The van der Waals surface area contributed by atoms with Gasteiger partial charge in [-0.2, -0.15) is 0 Å². The predicted molar refractivity (Wildman–Crippen MR) is 86.2 cm³/mol. The maximum atomic E-state index is 6.00. The zero-order chi connectivity index (χ0) is 13.8. The van der Waals surface area contributed by atoms with Crippen LogP contribution in [0.15, 0.2) is 24.4 Å². The average molecular weight is 291 g/mol. The zero-order valence-electron chi connectivity index (χ0n) is 11.9. The molecule has 1 saturated carbocycles. The van der Waals surface area contributed by atoms with Crippen LogP contribution < -0.4 is 5.32 Å². The SMILES string of the molecule is Clc1ccc2c(CNCCCC3CCCC3)c[nH]c2c1. The van der Waals surface area contributed by atoms with Crippen molar-refractivity contribution in [1.82, 2.24) is 10.3 Å². The molecule has 1 fully saturated rings. The smallest absolute Gasteiger partial charge is 0.0472 e. The van der Waals surface area contributed by atoms with E-state index >= 15 is 0 Å². The maximum absolute atomic E-state index is 6.00. The molecule has 0 radical (unpaired) electrons. The van der Waals surface area contributed by atoms with Gasteiger partial charge in [-0.15, -0.1) is 0 Å². The van der Waals surface area contributed by atoms with Crippen molar-refractivity contribution in [3.8, 4) is 0 Å². The molecule has 0 bridgehead atoms. The largest absolute Gasteiger partial charge is 0.361 e. The summed E-state index contributed by atoms with van der Waals surface area (Å²) in [4.78, 5) is 3.29. The molecule has 1 heterocycles. The summed E-state index contributed by atoms with van der Waals surface area (Å²) in [6.45, 7) is 2.06. The van der Waals surface area contributed by atoms with Crippen LogP contribution in [-0.4, -0.2) is 11.5 Å². The number of rotatable bonds is 6. The fraction of sp³-hybridized carbons (Fsp3) is 0.529. The Morgan fingerprint density at radius 2 is 2.10 bits per heavy atom. The monoisotopic (exact) mass is 290 g/mol. The van der Waals surface area contributed by atoms with Crippen LogP contribution in [0, 0.1) is 5.92 Å². The van der Waals surface area contributed by atoms with Crippen LogP contribution in [0.25, 0.3) is 10.9 Å². The first-order valence-electron chi connectivity index (χ1n) is 7.79. The first-order chi connectivity index (χ1) is 9.83. The second-order valence-corrected chi connectivity index (χ2v) is 6.41. The second kappa shape index (κ2) is 6.64. The average Bonchev–Trinajstić information content (AvgIpc) is 3.08. The summed E-state index contributed by atoms with van der Waals surface area (Å²) >= 11 is 6.00. The molecule has 0 unspecified atom stereocenters. The van der Waals surface area contributed by atoms with Gasteiger partial charge >= 0.3 is 0 Å². The number of H-pyrrole nitrogens is 1. The molecule has 0 amide bonds. The summed E-state index contributed by atoms with van der Waals surface area (Å²) in [6, 6.07) is 6.05. The molecule has 2 N–H and O–H groups in total. The summed E-state index contributed by atoms with van der Waals surface area (Å²) < 4.78 is 0. The molecule has 1 aromatic heterocycles. The summed E-state index contributed by atoms with van der Waals surface area (Å²) in [5.41, 5.74) is 2.46. The van der Waals surface area contributed by atoms with Gasteiger partial charge in [-0.25, -0.2) is 0 Å². The summed E-state index contributed by atoms with van der Waals surface area (Å²) in [7, 11) is 0. The van der Waals surface area contributed by atoms with Crippen LogP contribution in [-0.2, 0) is 6.54 Å². The molecule has 1 aliphatic carbocycles. The Morgan fingerprint density at radius 1 is 1.25 bits per heavy atom. The van der Waals surface area contributed by atoms with Gasteiger partial charge in [-0.05, 0) is 43.0 Å². The third-order valence-electron chi connectivity index (χ3n) is 4.49. The zero-order valence-corrected chi connectivity index (χ0v) is 12.7. The van der Waals surface area contributed by atoms with Crippen molar-refractivity contribution in [2.24, 2.45) is 5.92 Å². The van der Waals surface area contributed by atoms with Crippen LogP contribution in [0.1, 0.15) is 44.1 Å². The van der Waals surface area contributed by atoms with E-state index in [1.165, 1.54) is 49.5 Å². The lowest BCUT2D eigenvalue weighted by molar-refractivity contribution is 0.470. The molecular weight excluding hydrogens is 268 g/mol. The van der Waals surface area contributed by atoms with Gasteiger partial charge in [0.25, 0.3) is 0 Å². The fourth-order valence-electron chi connectivity index (χ4n) is 3.34. The van der Waals surface area contributed by atoms with E-state index in [0.717, 1.165) is 29.5 Å². The van der Waals surface area contributed by atoms with Crippen LogP contribution in [0.3, 0.4) is 0 Å². The molecule has 1 aliphatic rings. The maximum Gasteiger partial charge on any atom is 0.0472 e. The number of benzene rings is 1. The lowest BCUT2D eigenvalue weighted by Gasteiger charge is -2.09. The number of nitrogens with one attached hydrogen (secondary N) is 2. The Bertz CT molecular complexity index is 555. The minimum atomic E-state index is 0.787. The molecular formula is C17H23ClN2. The summed E-state index contributed by atoms with van der Waals surface area (Å²) in [5, 5.41) is 5.63. The topological polar surface area (TPSA) is 27.8 Å². The normalized spacial score (nSPS) is 16.2. The first-order valence-corrected chi connectivity index (χ1v) is 8.17. The number of fused-ring (bicyclic) bond motifs is 1. The highest BCUT2D eigenvalue weighted by Gasteiger charge is 2.13. The van der Waals surface area contributed by atoms with Crippen molar-refractivity contribution in [3.63, 3.8) is 0 Å². The molecule has 20 heavy (non-hydrogen) atoms. The van der Waals surface area contributed by atoms with Crippen molar-refractivity contribution in [1.29, 1.82) is 0 Å². The fourth-order valence-corrected chi connectivity index (χ4v) is 3.51. The molecule has 2 nitrogen and oxygen atoms in total. The minimum absolute atomic E-state index is 0.787. The number of hydrogen-bond acceptors (Lipinski definition) is 1. The lowest BCUT2D eigenvalue weighted by Crippen LogP contribution is -2.15. The van der Waals surface area contributed by atoms with E-state index in [1.807, 2.05) is 12.1 Å². The van der Waals surface area contributed by atoms with Crippen LogP contribution in [0.2, 0.25) is 5.02 Å². The molecule has 0 aliphatic heterocycles. The molecule has 0 spiro atoms. The van der Waals surface area contributed by atoms with E-state index in [1.54, 1.807) is 0 Å². The van der Waals surface area contributed by atoms with E-state index in [2.05, 4.69) is 22.6 Å². The Hall–Kier alpha value is -0.990. The predicted octanol–water partition coefficient (Wildman–Crippen LogP) is 4.88. The number of hydrogen-bond donors (Lipinski definition) is 2. The molecule has 2 aromatic rings. The van der Waals surface area contributed by atoms with Crippen molar-refractivity contribution in [2.75, 3.05) is 6.54 Å². The van der Waals surface area contributed by atoms with Gasteiger partial charge in [0, 0.05) is 28.7 Å². The first kappa shape index (κ1) is 14.0. The Morgan fingerprint density at radius 3 is 2.95 bits per heavy atom. The van der Waals surface area contributed by atoms with E-state index < -0.39 is 0 Å². The second-order valence-electron chi connectivity index (χ2n) is 5.97. The Labute approximate surface area is 125 Å². The van der Waals surface area contributed by atoms with Crippen molar-refractivity contribution in [3.05, 3.63) is 35.0 Å². The molecule has 3 heteroatoms. The minimum Gasteiger partial charge on any atom is -0.361 e. The molecule has 108 valence electrons. The van der Waals surface area contributed by atoms with Crippen LogP contribution in [0.5, 0.6) is 0 Å². The van der Waals surface area contributed by atoms with Gasteiger partial charge in [0.1, 0.15) is 0 Å². The van der Waals surface area contributed by atoms with Crippen molar-refractivity contribution in [2.45, 2.75) is 45.1 Å². The van der Waals surface area contributed by atoms with Crippen LogP contribution >= 0.6 is 11.6 Å². The third kappa shape index (κ3) is 3.36. The number of halogens is 1. The van der Waals surface area contributed by atoms with Crippen molar-refractivity contribution >= 4 is 22.5 Å². The van der Waals surface area contributed by atoms with Crippen molar-refractivity contribution < 1.29 is 0 Å². The van der Waals surface area contributed by atoms with Gasteiger partial charge in [0.05, 0.1) is 0 Å².